The Morgan fingerprint density at radius 2 is 1.62 bits per heavy atom. The fourth-order valence-electron chi connectivity index (χ4n) is 4.32. The number of hydrogen-bond donors (Lipinski definition) is 1. The standard InChI is InChI=1S/C28H26N2O2/c1-19-14-16-22(17-15-19)30-25-12-5-6-13-26(25)32-27(28(30)31)18-29-20(2)23-11-7-9-21-8-3-4-10-24(21)23/h3-17,20,27,29H,18H2,1-2H3/t20-,27?/m1/s1. The van der Waals surface area contributed by atoms with Crippen LogP contribution in [0.5, 0.6) is 5.75 Å². The molecule has 1 N–H and O–H groups in total. The zero-order chi connectivity index (χ0) is 22.1. The fraction of sp³-hybridized carbons (Fsp3) is 0.179. The molecule has 160 valence electrons. The number of rotatable bonds is 5. The summed E-state index contributed by atoms with van der Waals surface area (Å²) in [6, 6.07) is 30.5. The average Bonchev–Trinajstić information content (AvgIpc) is 2.83. The lowest BCUT2D eigenvalue weighted by Crippen LogP contribution is -2.48. The number of benzene rings is 4. The van der Waals surface area contributed by atoms with E-state index >= 15 is 0 Å². The van der Waals surface area contributed by atoms with Gasteiger partial charge in [0.15, 0.2) is 6.10 Å². The minimum Gasteiger partial charge on any atom is -0.477 e. The van der Waals surface area contributed by atoms with Crippen LogP contribution in [0.1, 0.15) is 24.1 Å². The Kier molecular flexibility index (Phi) is 5.38. The van der Waals surface area contributed by atoms with Crippen molar-refractivity contribution in [1.82, 2.24) is 5.32 Å². The van der Waals surface area contributed by atoms with E-state index in [1.165, 1.54) is 16.3 Å². The third-order valence-corrected chi connectivity index (χ3v) is 6.06. The van der Waals surface area contributed by atoms with Gasteiger partial charge in [0.05, 0.1) is 5.69 Å². The fourth-order valence-corrected chi connectivity index (χ4v) is 4.32. The van der Waals surface area contributed by atoms with E-state index in [1.807, 2.05) is 55.5 Å². The first-order valence-corrected chi connectivity index (χ1v) is 11.0. The van der Waals surface area contributed by atoms with Crippen molar-refractivity contribution in [3.05, 3.63) is 102 Å². The lowest BCUT2D eigenvalue weighted by molar-refractivity contribution is -0.125. The van der Waals surface area contributed by atoms with Gasteiger partial charge in [0.2, 0.25) is 0 Å². The summed E-state index contributed by atoms with van der Waals surface area (Å²) in [5.41, 5.74) is 4.00. The highest BCUT2D eigenvalue weighted by Gasteiger charge is 2.35. The molecular weight excluding hydrogens is 396 g/mol. The van der Waals surface area contributed by atoms with Crippen molar-refractivity contribution in [2.75, 3.05) is 11.4 Å². The van der Waals surface area contributed by atoms with Crippen molar-refractivity contribution in [3.8, 4) is 5.75 Å². The predicted molar refractivity (Wildman–Crippen MR) is 130 cm³/mol. The maximum atomic E-state index is 13.5. The van der Waals surface area contributed by atoms with Gasteiger partial charge >= 0.3 is 0 Å². The first-order chi connectivity index (χ1) is 15.6. The zero-order valence-corrected chi connectivity index (χ0v) is 18.3. The maximum Gasteiger partial charge on any atom is 0.274 e. The molecule has 1 amide bonds. The molecule has 0 saturated heterocycles. The summed E-state index contributed by atoms with van der Waals surface area (Å²) in [6.07, 6.45) is -0.608. The number of nitrogens with one attached hydrogen (secondary N) is 1. The minimum absolute atomic E-state index is 0.0647. The third kappa shape index (κ3) is 3.74. The van der Waals surface area contributed by atoms with Crippen LogP contribution in [0.2, 0.25) is 0 Å². The number of amides is 1. The number of para-hydroxylation sites is 2. The number of nitrogens with zero attached hydrogens (tertiary/aromatic N) is 1. The molecular formula is C28H26N2O2. The van der Waals surface area contributed by atoms with Crippen LogP contribution in [-0.4, -0.2) is 18.6 Å². The van der Waals surface area contributed by atoms with Crippen molar-refractivity contribution < 1.29 is 9.53 Å². The van der Waals surface area contributed by atoms with Crippen molar-refractivity contribution >= 4 is 28.1 Å². The molecule has 0 aliphatic carbocycles. The molecule has 0 aromatic heterocycles. The van der Waals surface area contributed by atoms with Gasteiger partial charge in [-0.3, -0.25) is 9.69 Å². The van der Waals surface area contributed by atoms with Gasteiger partial charge in [-0.15, -0.1) is 0 Å². The van der Waals surface area contributed by atoms with E-state index in [0.717, 1.165) is 22.7 Å². The highest BCUT2D eigenvalue weighted by atomic mass is 16.5. The molecule has 0 fully saturated rings. The van der Waals surface area contributed by atoms with E-state index in [9.17, 15) is 4.79 Å². The third-order valence-electron chi connectivity index (χ3n) is 6.06. The van der Waals surface area contributed by atoms with Crippen molar-refractivity contribution in [2.45, 2.75) is 26.0 Å². The number of carbonyl (C=O) groups is 1. The molecule has 5 rings (SSSR count). The lowest BCUT2D eigenvalue weighted by Gasteiger charge is -2.35. The minimum atomic E-state index is -0.608. The summed E-state index contributed by atoms with van der Waals surface area (Å²) < 4.78 is 6.14. The molecule has 0 bridgehead atoms. The summed E-state index contributed by atoms with van der Waals surface area (Å²) in [4.78, 5) is 15.3. The van der Waals surface area contributed by atoms with Crippen LogP contribution in [0.25, 0.3) is 10.8 Å². The van der Waals surface area contributed by atoms with E-state index < -0.39 is 6.10 Å². The Morgan fingerprint density at radius 3 is 2.47 bits per heavy atom. The van der Waals surface area contributed by atoms with Gasteiger partial charge in [-0.2, -0.15) is 0 Å². The van der Waals surface area contributed by atoms with Crippen molar-refractivity contribution in [1.29, 1.82) is 0 Å². The second-order valence-electron chi connectivity index (χ2n) is 8.28. The lowest BCUT2D eigenvalue weighted by atomic mass is 9.99. The molecule has 1 aliphatic heterocycles. The highest BCUT2D eigenvalue weighted by Crippen LogP contribution is 2.38. The van der Waals surface area contributed by atoms with E-state index in [2.05, 4.69) is 54.7 Å². The first-order valence-electron chi connectivity index (χ1n) is 11.0. The topological polar surface area (TPSA) is 41.6 Å². The molecule has 32 heavy (non-hydrogen) atoms. The molecule has 4 heteroatoms. The molecule has 1 aliphatic rings. The molecule has 0 spiro atoms. The van der Waals surface area contributed by atoms with Gasteiger partial charge in [-0.05, 0) is 54.4 Å². The molecule has 0 radical (unpaired) electrons. The number of ether oxygens (including phenoxy) is 1. The first kappa shape index (κ1) is 20.3. The van der Waals surface area contributed by atoms with Crippen LogP contribution in [0.3, 0.4) is 0 Å². The molecule has 4 nitrogen and oxygen atoms in total. The molecule has 1 heterocycles. The van der Waals surface area contributed by atoms with Crippen LogP contribution in [0.15, 0.2) is 91.0 Å². The van der Waals surface area contributed by atoms with Gasteiger partial charge in [0.25, 0.3) is 5.91 Å². The Hall–Kier alpha value is -3.63. The molecule has 4 aromatic rings. The molecule has 2 atom stereocenters. The van der Waals surface area contributed by atoms with E-state index in [0.29, 0.717) is 6.54 Å². The van der Waals surface area contributed by atoms with Crippen LogP contribution < -0.4 is 15.0 Å². The second-order valence-corrected chi connectivity index (χ2v) is 8.28. The summed E-state index contributed by atoms with van der Waals surface area (Å²) in [7, 11) is 0. The predicted octanol–water partition coefficient (Wildman–Crippen LogP) is 5.92. The zero-order valence-electron chi connectivity index (χ0n) is 18.3. The SMILES string of the molecule is Cc1ccc(N2C(=O)C(CN[C@H](C)c3cccc4ccccc34)Oc3ccccc32)cc1. The van der Waals surface area contributed by atoms with Crippen molar-refractivity contribution in [2.24, 2.45) is 0 Å². The van der Waals surface area contributed by atoms with Crippen LogP contribution in [0.4, 0.5) is 11.4 Å². The van der Waals surface area contributed by atoms with Crippen molar-refractivity contribution in [3.63, 3.8) is 0 Å². The average molecular weight is 423 g/mol. The quantitative estimate of drug-likeness (QED) is 0.434. The number of fused-ring (bicyclic) bond motifs is 2. The molecule has 1 unspecified atom stereocenters. The maximum absolute atomic E-state index is 13.5. The summed E-state index contributed by atoms with van der Waals surface area (Å²) in [5.74, 6) is 0.655. The Bertz CT molecular complexity index is 1260. The molecule has 4 aromatic carbocycles. The Morgan fingerprint density at radius 1 is 0.906 bits per heavy atom. The normalized spacial score (nSPS) is 16.5. The van der Waals surface area contributed by atoms with Crippen LogP contribution in [0, 0.1) is 6.92 Å². The number of carbonyl (C=O) groups excluding carboxylic acids is 1. The summed E-state index contributed by atoms with van der Waals surface area (Å²) in [6.45, 7) is 4.58. The second kappa shape index (κ2) is 8.48. The van der Waals surface area contributed by atoms with Gasteiger partial charge in [-0.1, -0.05) is 72.3 Å². The largest absolute Gasteiger partial charge is 0.477 e. The molecule has 0 saturated carbocycles. The monoisotopic (exact) mass is 422 g/mol. The van der Waals surface area contributed by atoms with E-state index in [4.69, 9.17) is 4.74 Å². The van der Waals surface area contributed by atoms with Gasteiger partial charge in [-0.25, -0.2) is 0 Å². The highest BCUT2D eigenvalue weighted by molar-refractivity contribution is 6.06. The van der Waals surface area contributed by atoms with E-state index in [1.54, 1.807) is 4.90 Å². The van der Waals surface area contributed by atoms with Gasteiger partial charge < -0.3 is 10.1 Å². The van der Waals surface area contributed by atoms with Crippen LogP contribution >= 0.6 is 0 Å². The van der Waals surface area contributed by atoms with Gasteiger partial charge in [0.1, 0.15) is 5.75 Å². The van der Waals surface area contributed by atoms with Gasteiger partial charge in [0, 0.05) is 18.3 Å². The number of hydrogen-bond acceptors (Lipinski definition) is 3. The smallest absolute Gasteiger partial charge is 0.274 e. The Labute approximate surface area is 188 Å². The number of aryl methyl sites for hydroxylation is 1. The van der Waals surface area contributed by atoms with E-state index in [-0.39, 0.29) is 11.9 Å². The summed E-state index contributed by atoms with van der Waals surface area (Å²) >= 11 is 0. The number of anilines is 2. The Balaban J connectivity index is 1.40. The summed E-state index contributed by atoms with van der Waals surface area (Å²) in [5, 5.41) is 5.96. The van der Waals surface area contributed by atoms with Crippen LogP contribution in [-0.2, 0) is 4.79 Å².